The maximum Gasteiger partial charge on any atom is 0.145 e. The van der Waals surface area contributed by atoms with Crippen LogP contribution in [0.2, 0.25) is 5.02 Å². The van der Waals surface area contributed by atoms with E-state index in [-0.39, 0.29) is 0 Å². The Hall–Kier alpha value is -0.950. The molecule has 3 rings (SSSR count). The number of hydrogen-bond donors (Lipinski definition) is 0. The molecule has 0 aliphatic heterocycles. The van der Waals surface area contributed by atoms with Crippen molar-refractivity contribution in [2.24, 2.45) is 17.8 Å². The van der Waals surface area contributed by atoms with Gasteiger partial charge in [0.2, 0.25) is 0 Å². The molecule has 0 radical (unpaired) electrons. The Morgan fingerprint density at radius 2 is 1.95 bits per heavy atom. The quantitative estimate of drug-likeness (QED) is 0.645. The predicted molar refractivity (Wildman–Crippen MR) is 88.9 cm³/mol. The van der Waals surface area contributed by atoms with Crippen molar-refractivity contribution in [1.29, 1.82) is 0 Å². The minimum Gasteiger partial charge on any atom is -0.460 e. The Morgan fingerprint density at radius 3 is 2.57 bits per heavy atom. The summed E-state index contributed by atoms with van der Waals surface area (Å²) in [5.41, 5.74) is 1.26. The minimum atomic E-state index is 0.491. The number of halogens is 1. The fourth-order valence-electron chi connectivity index (χ4n) is 3.29. The first-order chi connectivity index (χ1) is 10.0. The van der Waals surface area contributed by atoms with Crippen LogP contribution in [0.1, 0.15) is 57.9 Å². The lowest BCUT2D eigenvalue weighted by Crippen LogP contribution is -2.18. The van der Waals surface area contributed by atoms with Crippen molar-refractivity contribution in [2.45, 2.75) is 52.4 Å². The lowest BCUT2D eigenvalue weighted by Gasteiger charge is -2.27. The molecular weight excluding hydrogens is 280 g/mol. The molecule has 0 spiro atoms. The number of hydrogen-bond acceptors (Lipinski definition) is 1. The summed E-state index contributed by atoms with van der Waals surface area (Å²) >= 11 is 6.38. The zero-order valence-electron chi connectivity index (χ0n) is 13.2. The summed E-state index contributed by atoms with van der Waals surface area (Å²) in [5, 5.41) is 0.726. The maximum atomic E-state index is 6.38. The third-order valence-electron chi connectivity index (χ3n) is 4.91. The maximum absolute atomic E-state index is 6.38. The van der Waals surface area contributed by atoms with Crippen LogP contribution in [0.15, 0.2) is 30.0 Å². The number of allylic oxidation sites excluding steroid dienone is 2. The van der Waals surface area contributed by atoms with Crippen molar-refractivity contribution in [1.82, 2.24) is 0 Å². The van der Waals surface area contributed by atoms with Crippen LogP contribution in [0.3, 0.4) is 0 Å². The topological polar surface area (TPSA) is 9.23 Å². The Labute approximate surface area is 133 Å². The smallest absolute Gasteiger partial charge is 0.145 e. The Morgan fingerprint density at radius 1 is 1.19 bits per heavy atom. The van der Waals surface area contributed by atoms with E-state index in [1.54, 1.807) is 0 Å². The molecule has 0 amide bonds. The van der Waals surface area contributed by atoms with Gasteiger partial charge in [0.15, 0.2) is 0 Å². The second-order valence-electron chi connectivity index (χ2n) is 7.01. The first-order valence-corrected chi connectivity index (χ1v) is 8.60. The molecule has 0 heterocycles. The molecule has 2 aliphatic rings. The lowest BCUT2D eigenvalue weighted by atomic mass is 9.81. The Kier molecular flexibility index (Phi) is 4.31. The summed E-state index contributed by atoms with van der Waals surface area (Å²) in [4.78, 5) is 0. The molecule has 2 unspecified atom stereocenters. The molecule has 1 aromatic rings. The molecule has 114 valence electrons. The van der Waals surface area contributed by atoms with Crippen molar-refractivity contribution < 1.29 is 4.74 Å². The van der Waals surface area contributed by atoms with Gasteiger partial charge in [0, 0.05) is 6.42 Å². The van der Waals surface area contributed by atoms with Gasteiger partial charge in [-0.1, -0.05) is 38.4 Å². The third kappa shape index (κ3) is 3.45. The summed E-state index contributed by atoms with van der Waals surface area (Å²) in [5.74, 6) is 4.81. The molecular formula is C19H25ClO. The fourth-order valence-corrected chi connectivity index (χ4v) is 3.52. The van der Waals surface area contributed by atoms with E-state index >= 15 is 0 Å². The van der Waals surface area contributed by atoms with E-state index in [4.69, 9.17) is 16.3 Å². The van der Waals surface area contributed by atoms with Crippen molar-refractivity contribution in [3.05, 3.63) is 40.6 Å². The summed E-state index contributed by atoms with van der Waals surface area (Å²) in [6, 6.07) is 6.17. The van der Waals surface area contributed by atoms with Gasteiger partial charge in [0.25, 0.3) is 0 Å². The average Bonchev–Trinajstić information content (AvgIpc) is 3.27. The Bertz CT molecular complexity index is 542. The molecule has 1 saturated carbocycles. The first kappa shape index (κ1) is 15.0. The van der Waals surface area contributed by atoms with Gasteiger partial charge in [-0.3, -0.25) is 0 Å². The van der Waals surface area contributed by atoms with Crippen LogP contribution in [-0.4, -0.2) is 0 Å². The molecule has 2 heteroatoms. The van der Waals surface area contributed by atoms with Crippen LogP contribution in [-0.2, 0) is 0 Å². The van der Waals surface area contributed by atoms with Crippen molar-refractivity contribution in [3.8, 4) is 5.75 Å². The van der Waals surface area contributed by atoms with Gasteiger partial charge in [-0.15, -0.1) is 0 Å². The fraction of sp³-hybridized carbons (Fsp3) is 0.579. The van der Waals surface area contributed by atoms with Gasteiger partial charge in [-0.05, 0) is 66.7 Å². The van der Waals surface area contributed by atoms with Crippen molar-refractivity contribution >= 4 is 11.6 Å². The zero-order valence-corrected chi connectivity index (χ0v) is 14.0. The predicted octanol–water partition coefficient (Wildman–Crippen LogP) is 6.18. The standard InChI is InChI=1S/C19H25ClO/c1-12(2)15-7-9-19(18(20)10-15)21-16-8-4-13(3)17(11-16)14-5-6-14/h7,9-14,17H,4-6,8H2,1-3H3. The molecule has 0 aromatic heterocycles. The van der Waals surface area contributed by atoms with E-state index in [9.17, 15) is 0 Å². The monoisotopic (exact) mass is 304 g/mol. The molecule has 21 heavy (non-hydrogen) atoms. The van der Waals surface area contributed by atoms with Gasteiger partial charge >= 0.3 is 0 Å². The van der Waals surface area contributed by atoms with Crippen molar-refractivity contribution in [3.63, 3.8) is 0 Å². The molecule has 1 fully saturated rings. The average molecular weight is 305 g/mol. The van der Waals surface area contributed by atoms with Crippen LogP contribution < -0.4 is 4.74 Å². The second-order valence-corrected chi connectivity index (χ2v) is 7.42. The van der Waals surface area contributed by atoms with E-state index in [1.165, 1.54) is 24.8 Å². The highest BCUT2D eigenvalue weighted by molar-refractivity contribution is 6.32. The van der Waals surface area contributed by atoms with Gasteiger partial charge in [-0.25, -0.2) is 0 Å². The first-order valence-electron chi connectivity index (χ1n) is 8.22. The number of rotatable bonds is 4. The van der Waals surface area contributed by atoms with Crippen LogP contribution >= 0.6 is 11.6 Å². The van der Waals surface area contributed by atoms with Crippen LogP contribution in [0.25, 0.3) is 0 Å². The normalized spacial score (nSPS) is 25.9. The molecule has 0 bridgehead atoms. The summed E-state index contributed by atoms with van der Waals surface area (Å²) in [6.45, 7) is 6.73. The third-order valence-corrected chi connectivity index (χ3v) is 5.21. The second kappa shape index (κ2) is 6.04. The minimum absolute atomic E-state index is 0.491. The van der Waals surface area contributed by atoms with Gasteiger partial charge in [-0.2, -0.15) is 0 Å². The number of ether oxygens (including phenoxy) is 1. The molecule has 1 aromatic carbocycles. The molecule has 0 N–H and O–H groups in total. The largest absolute Gasteiger partial charge is 0.460 e. The van der Waals surface area contributed by atoms with Crippen LogP contribution in [0.5, 0.6) is 5.75 Å². The van der Waals surface area contributed by atoms with Crippen molar-refractivity contribution in [2.75, 3.05) is 0 Å². The molecule has 1 nitrogen and oxygen atoms in total. The van der Waals surface area contributed by atoms with Gasteiger partial charge in [0.1, 0.15) is 11.5 Å². The molecule has 2 aliphatic carbocycles. The number of benzene rings is 1. The van der Waals surface area contributed by atoms with E-state index in [0.29, 0.717) is 11.8 Å². The Balaban J connectivity index is 1.75. The highest BCUT2D eigenvalue weighted by Crippen LogP contribution is 2.45. The van der Waals surface area contributed by atoms with Gasteiger partial charge < -0.3 is 4.74 Å². The molecule has 2 atom stereocenters. The van der Waals surface area contributed by atoms with E-state index in [2.05, 4.69) is 32.9 Å². The van der Waals surface area contributed by atoms with E-state index in [1.807, 2.05) is 12.1 Å². The molecule has 0 saturated heterocycles. The highest BCUT2D eigenvalue weighted by atomic mass is 35.5. The van der Waals surface area contributed by atoms with Crippen LogP contribution in [0, 0.1) is 17.8 Å². The summed E-state index contributed by atoms with van der Waals surface area (Å²) in [7, 11) is 0. The SMILES string of the molecule is CC(C)c1ccc(OC2=CC(C3CC3)C(C)CC2)c(Cl)c1. The summed E-state index contributed by atoms with van der Waals surface area (Å²) in [6.07, 6.45) is 7.42. The van der Waals surface area contributed by atoms with Gasteiger partial charge in [0.05, 0.1) is 5.02 Å². The van der Waals surface area contributed by atoms with Crippen LogP contribution in [0.4, 0.5) is 0 Å². The zero-order chi connectivity index (χ0) is 15.0. The summed E-state index contributed by atoms with van der Waals surface area (Å²) < 4.78 is 6.11. The van der Waals surface area contributed by atoms with E-state index < -0.39 is 0 Å². The van der Waals surface area contributed by atoms with E-state index in [0.717, 1.165) is 34.8 Å². The highest BCUT2D eigenvalue weighted by Gasteiger charge is 2.35. The lowest BCUT2D eigenvalue weighted by molar-refractivity contribution is 0.290.